The number of hydrogen-bond acceptors (Lipinski definition) is 3. The van der Waals surface area contributed by atoms with Gasteiger partial charge in [-0.1, -0.05) is 0 Å². The Balaban J connectivity index is 0.00000110. The summed E-state index contributed by atoms with van der Waals surface area (Å²) in [6.45, 7) is 5.99. The normalized spacial score (nSPS) is 21.6. The summed E-state index contributed by atoms with van der Waals surface area (Å²) in [5.41, 5.74) is 0. The van der Waals surface area contributed by atoms with Crippen LogP contribution in [0.4, 0.5) is 0 Å². The molecule has 3 heterocycles. The van der Waals surface area contributed by atoms with Crippen molar-refractivity contribution in [2.45, 2.75) is 32.2 Å². The van der Waals surface area contributed by atoms with Gasteiger partial charge in [-0.15, -0.1) is 24.8 Å². The van der Waals surface area contributed by atoms with Crippen LogP contribution in [0, 0.1) is 11.8 Å². The van der Waals surface area contributed by atoms with Crippen LogP contribution in [-0.4, -0.2) is 40.6 Å². The van der Waals surface area contributed by atoms with Crippen LogP contribution in [0.15, 0.2) is 12.4 Å². The number of aryl methyl sites for hydroxylation is 1. The average molecular weight is 335 g/mol. The molecule has 2 aliphatic heterocycles. The summed E-state index contributed by atoms with van der Waals surface area (Å²) >= 11 is 0. The van der Waals surface area contributed by atoms with E-state index >= 15 is 0 Å². The smallest absolute Gasteiger partial charge is 0.122 e. The highest BCUT2D eigenvalue weighted by Crippen LogP contribution is 2.31. The van der Waals surface area contributed by atoms with Crippen molar-refractivity contribution in [2.75, 3.05) is 26.2 Å². The number of likely N-dealkylation sites (tertiary alicyclic amines) is 1. The minimum atomic E-state index is 0. The SMILES string of the molecule is Cl.Cl.Cn1ccnc1CN1CCC(C2CCNCC2)CC1. The summed E-state index contributed by atoms with van der Waals surface area (Å²) in [6.07, 6.45) is 9.49. The van der Waals surface area contributed by atoms with E-state index in [0.717, 1.165) is 18.4 Å². The van der Waals surface area contributed by atoms with Crippen LogP contribution < -0.4 is 5.32 Å². The van der Waals surface area contributed by atoms with Gasteiger partial charge >= 0.3 is 0 Å². The summed E-state index contributed by atoms with van der Waals surface area (Å²) < 4.78 is 2.14. The summed E-state index contributed by atoms with van der Waals surface area (Å²) in [7, 11) is 2.09. The molecule has 2 saturated heterocycles. The molecule has 4 nitrogen and oxygen atoms in total. The Labute approximate surface area is 140 Å². The minimum Gasteiger partial charge on any atom is -0.337 e. The topological polar surface area (TPSA) is 33.1 Å². The predicted molar refractivity (Wildman–Crippen MR) is 91.3 cm³/mol. The number of nitrogens with zero attached hydrogens (tertiary/aromatic N) is 3. The molecule has 0 aliphatic carbocycles. The zero-order valence-electron chi connectivity index (χ0n) is 12.8. The lowest BCUT2D eigenvalue weighted by Crippen LogP contribution is -2.39. The molecule has 0 saturated carbocycles. The molecule has 6 heteroatoms. The van der Waals surface area contributed by atoms with Crippen molar-refractivity contribution in [3.05, 3.63) is 18.2 Å². The van der Waals surface area contributed by atoms with Crippen LogP contribution in [0.25, 0.3) is 0 Å². The molecular formula is C15H28Cl2N4. The van der Waals surface area contributed by atoms with Crippen molar-refractivity contribution < 1.29 is 0 Å². The Kier molecular flexibility index (Phi) is 8.03. The molecule has 3 rings (SSSR count). The van der Waals surface area contributed by atoms with E-state index in [9.17, 15) is 0 Å². The molecule has 0 atom stereocenters. The Hall–Kier alpha value is -0.290. The Morgan fingerprint density at radius 1 is 1.10 bits per heavy atom. The quantitative estimate of drug-likeness (QED) is 0.921. The summed E-state index contributed by atoms with van der Waals surface area (Å²) in [4.78, 5) is 7.00. The van der Waals surface area contributed by atoms with Gasteiger partial charge in [-0.2, -0.15) is 0 Å². The van der Waals surface area contributed by atoms with E-state index in [1.807, 2.05) is 12.4 Å². The maximum absolute atomic E-state index is 4.43. The molecule has 122 valence electrons. The second-order valence-electron chi connectivity index (χ2n) is 6.16. The van der Waals surface area contributed by atoms with Gasteiger partial charge in [0.25, 0.3) is 0 Å². The monoisotopic (exact) mass is 334 g/mol. The number of aromatic nitrogens is 2. The van der Waals surface area contributed by atoms with Crippen molar-refractivity contribution in [3.8, 4) is 0 Å². The Morgan fingerprint density at radius 3 is 2.29 bits per heavy atom. The molecule has 1 N–H and O–H groups in total. The molecule has 2 fully saturated rings. The number of halogens is 2. The van der Waals surface area contributed by atoms with E-state index in [4.69, 9.17) is 0 Å². The van der Waals surface area contributed by atoms with Gasteiger partial charge < -0.3 is 9.88 Å². The number of piperidine rings is 2. The van der Waals surface area contributed by atoms with E-state index in [1.165, 1.54) is 57.7 Å². The molecule has 0 amide bonds. The van der Waals surface area contributed by atoms with Crippen molar-refractivity contribution in [2.24, 2.45) is 18.9 Å². The molecule has 0 spiro atoms. The van der Waals surface area contributed by atoms with Crippen LogP contribution in [0.1, 0.15) is 31.5 Å². The second-order valence-corrected chi connectivity index (χ2v) is 6.16. The minimum absolute atomic E-state index is 0. The van der Waals surface area contributed by atoms with E-state index in [1.54, 1.807) is 0 Å². The van der Waals surface area contributed by atoms with Crippen molar-refractivity contribution in [1.29, 1.82) is 0 Å². The first-order valence-corrected chi connectivity index (χ1v) is 7.72. The largest absolute Gasteiger partial charge is 0.337 e. The molecule has 1 aromatic heterocycles. The zero-order valence-corrected chi connectivity index (χ0v) is 14.5. The number of hydrogen-bond donors (Lipinski definition) is 1. The molecule has 21 heavy (non-hydrogen) atoms. The van der Waals surface area contributed by atoms with Gasteiger partial charge in [0.15, 0.2) is 0 Å². The van der Waals surface area contributed by atoms with Gasteiger partial charge in [0.05, 0.1) is 6.54 Å². The third-order valence-corrected chi connectivity index (χ3v) is 4.97. The number of rotatable bonds is 3. The molecule has 2 aliphatic rings. The first-order chi connectivity index (χ1) is 9.33. The van der Waals surface area contributed by atoms with Gasteiger partial charge in [0.2, 0.25) is 0 Å². The van der Waals surface area contributed by atoms with E-state index in [-0.39, 0.29) is 24.8 Å². The average Bonchev–Trinajstić information content (AvgIpc) is 2.86. The van der Waals surface area contributed by atoms with E-state index in [2.05, 4.69) is 26.8 Å². The van der Waals surface area contributed by atoms with Crippen LogP contribution in [-0.2, 0) is 13.6 Å². The molecule has 1 aromatic rings. The molecule has 0 unspecified atom stereocenters. The highest BCUT2D eigenvalue weighted by atomic mass is 35.5. The fraction of sp³-hybridized carbons (Fsp3) is 0.800. The van der Waals surface area contributed by atoms with Crippen molar-refractivity contribution >= 4 is 24.8 Å². The van der Waals surface area contributed by atoms with Gasteiger partial charge in [0.1, 0.15) is 5.82 Å². The van der Waals surface area contributed by atoms with E-state index in [0.29, 0.717) is 0 Å². The van der Waals surface area contributed by atoms with E-state index < -0.39 is 0 Å². The van der Waals surface area contributed by atoms with Gasteiger partial charge in [0, 0.05) is 19.4 Å². The highest BCUT2D eigenvalue weighted by Gasteiger charge is 2.27. The first-order valence-electron chi connectivity index (χ1n) is 7.72. The Bertz CT molecular complexity index is 396. The lowest BCUT2D eigenvalue weighted by molar-refractivity contribution is 0.123. The summed E-state index contributed by atoms with van der Waals surface area (Å²) in [5, 5.41) is 3.48. The van der Waals surface area contributed by atoms with Gasteiger partial charge in [-0.05, 0) is 63.7 Å². The maximum Gasteiger partial charge on any atom is 0.122 e. The maximum atomic E-state index is 4.43. The number of nitrogens with one attached hydrogen (secondary N) is 1. The standard InChI is InChI=1S/C15H26N4.2ClH/c1-18-11-8-17-15(18)12-19-9-4-14(5-10-19)13-2-6-16-7-3-13;;/h8,11,13-14,16H,2-7,9-10,12H2,1H3;2*1H. The Morgan fingerprint density at radius 2 is 1.71 bits per heavy atom. The van der Waals surface area contributed by atoms with Crippen molar-refractivity contribution in [1.82, 2.24) is 19.8 Å². The van der Waals surface area contributed by atoms with Gasteiger partial charge in [-0.3, -0.25) is 4.90 Å². The molecule has 0 radical (unpaired) electrons. The fourth-order valence-corrected chi connectivity index (χ4v) is 3.65. The van der Waals surface area contributed by atoms with Crippen LogP contribution >= 0.6 is 24.8 Å². The van der Waals surface area contributed by atoms with Gasteiger partial charge in [-0.25, -0.2) is 4.98 Å². The molecular weight excluding hydrogens is 307 g/mol. The lowest BCUT2D eigenvalue weighted by Gasteiger charge is -2.37. The molecule has 0 bridgehead atoms. The number of imidazole rings is 1. The predicted octanol–water partition coefficient (Wildman–Crippen LogP) is 2.48. The molecule has 0 aromatic carbocycles. The highest BCUT2D eigenvalue weighted by molar-refractivity contribution is 5.85. The second kappa shape index (κ2) is 8.99. The third kappa shape index (κ3) is 4.85. The van der Waals surface area contributed by atoms with Crippen LogP contribution in [0.3, 0.4) is 0 Å². The fourth-order valence-electron chi connectivity index (χ4n) is 3.65. The van der Waals surface area contributed by atoms with Crippen LogP contribution in [0.5, 0.6) is 0 Å². The third-order valence-electron chi connectivity index (χ3n) is 4.97. The zero-order chi connectivity index (χ0) is 13.1. The first kappa shape index (κ1) is 18.8. The summed E-state index contributed by atoms with van der Waals surface area (Å²) in [6, 6.07) is 0. The lowest BCUT2D eigenvalue weighted by atomic mass is 9.79. The summed E-state index contributed by atoms with van der Waals surface area (Å²) in [5.74, 6) is 3.15. The van der Waals surface area contributed by atoms with Crippen LogP contribution in [0.2, 0.25) is 0 Å². The van der Waals surface area contributed by atoms with Crippen molar-refractivity contribution in [3.63, 3.8) is 0 Å².